The molecule has 4 atom stereocenters. The van der Waals surface area contributed by atoms with Crippen molar-refractivity contribution in [3.8, 4) is 0 Å². The molecule has 2 aliphatic carbocycles. The smallest absolute Gasteiger partial charge is 0.308 e. The number of hydrogen-bond acceptors (Lipinski definition) is 3. The number of carboxylic acids is 1. The first-order valence-electron chi connectivity index (χ1n) is 6.60. The van der Waals surface area contributed by atoms with Crippen LogP contribution in [0, 0.1) is 17.8 Å². The number of aliphatic carboxylic acids is 1. The van der Waals surface area contributed by atoms with Crippen molar-refractivity contribution in [1.82, 2.24) is 10.3 Å². The Morgan fingerprint density at radius 3 is 2.58 bits per heavy atom. The molecule has 0 spiro atoms. The molecule has 2 bridgehead atoms. The highest BCUT2D eigenvalue weighted by atomic mass is 16.4. The molecule has 0 saturated heterocycles. The molecule has 5 heteroatoms. The SMILES string of the molecule is O=C(NC1C2CCC(C2)C1C(=O)O)c1ccncc1. The predicted octanol–water partition coefficient (Wildman–Crippen LogP) is 1.31. The number of aromatic nitrogens is 1. The quantitative estimate of drug-likeness (QED) is 0.858. The molecule has 1 aromatic heterocycles. The van der Waals surface area contributed by atoms with Crippen molar-refractivity contribution >= 4 is 11.9 Å². The predicted molar refractivity (Wildman–Crippen MR) is 67.4 cm³/mol. The van der Waals surface area contributed by atoms with E-state index in [-0.39, 0.29) is 17.9 Å². The van der Waals surface area contributed by atoms with E-state index < -0.39 is 11.9 Å². The zero-order chi connectivity index (χ0) is 13.4. The Morgan fingerprint density at radius 1 is 1.21 bits per heavy atom. The fraction of sp³-hybridized carbons (Fsp3) is 0.500. The first kappa shape index (κ1) is 12.1. The Morgan fingerprint density at radius 2 is 1.89 bits per heavy atom. The summed E-state index contributed by atoms with van der Waals surface area (Å²) < 4.78 is 0. The molecule has 2 saturated carbocycles. The zero-order valence-electron chi connectivity index (χ0n) is 10.5. The van der Waals surface area contributed by atoms with E-state index in [4.69, 9.17) is 0 Å². The van der Waals surface area contributed by atoms with Crippen molar-refractivity contribution in [2.45, 2.75) is 25.3 Å². The fourth-order valence-electron chi connectivity index (χ4n) is 3.59. The van der Waals surface area contributed by atoms with Crippen molar-refractivity contribution in [3.05, 3.63) is 30.1 Å². The van der Waals surface area contributed by atoms with Gasteiger partial charge in [0.05, 0.1) is 5.92 Å². The highest BCUT2D eigenvalue weighted by Crippen LogP contribution is 2.48. The van der Waals surface area contributed by atoms with Gasteiger partial charge in [-0.1, -0.05) is 0 Å². The van der Waals surface area contributed by atoms with E-state index in [0.29, 0.717) is 11.5 Å². The van der Waals surface area contributed by atoms with E-state index in [2.05, 4.69) is 10.3 Å². The minimum atomic E-state index is -0.785. The van der Waals surface area contributed by atoms with Crippen molar-refractivity contribution in [3.63, 3.8) is 0 Å². The third-order valence-electron chi connectivity index (χ3n) is 4.44. The van der Waals surface area contributed by atoms with Crippen LogP contribution in [0.5, 0.6) is 0 Å². The number of fused-ring (bicyclic) bond motifs is 2. The highest BCUT2D eigenvalue weighted by Gasteiger charge is 2.51. The van der Waals surface area contributed by atoms with E-state index >= 15 is 0 Å². The molecule has 1 heterocycles. The lowest BCUT2D eigenvalue weighted by atomic mass is 9.84. The van der Waals surface area contributed by atoms with Gasteiger partial charge in [0.1, 0.15) is 0 Å². The number of hydrogen-bond donors (Lipinski definition) is 2. The molecule has 0 radical (unpaired) electrons. The topological polar surface area (TPSA) is 79.3 Å². The molecule has 5 nitrogen and oxygen atoms in total. The number of carboxylic acid groups (broad SMARTS) is 1. The Hall–Kier alpha value is -1.91. The van der Waals surface area contributed by atoms with Crippen molar-refractivity contribution < 1.29 is 14.7 Å². The van der Waals surface area contributed by atoms with E-state index in [1.807, 2.05) is 0 Å². The molecule has 3 rings (SSSR count). The van der Waals surface area contributed by atoms with Crippen molar-refractivity contribution in [1.29, 1.82) is 0 Å². The van der Waals surface area contributed by atoms with Crippen LogP contribution in [0.25, 0.3) is 0 Å². The number of pyridine rings is 1. The van der Waals surface area contributed by atoms with Gasteiger partial charge in [-0.3, -0.25) is 14.6 Å². The molecule has 2 aliphatic rings. The largest absolute Gasteiger partial charge is 0.481 e. The van der Waals surface area contributed by atoms with E-state index in [1.54, 1.807) is 24.5 Å². The number of rotatable bonds is 3. The minimum absolute atomic E-state index is 0.203. The summed E-state index contributed by atoms with van der Waals surface area (Å²) >= 11 is 0. The summed E-state index contributed by atoms with van der Waals surface area (Å²) in [6.07, 6.45) is 6.05. The summed E-state index contributed by atoms with van der Waals surface area (Å²) in [4.78, 5) is 27.3. The molecule has 19 heavy (non-hydrogen) atoms. The number of carbonyl (C=O) groups excluding carboxylic acids is 1. The van der Waals surface area contributed by atoms with Crippen molar-refractivity contribution in [2.75, 3.05) is 0 Å². The zero-order valence-corrected chi connectivity index (χ0v) is 10.5. The number of carbonyl (C=O) groups is 2. The maximum Gasteiger partial charge on any atom is 0.308 e. The van der Waals surface area contributed by atoms with Gasteiger partial charge in [0.15, 0.2) is 0 Å². The summed E-state index contributed by atoms with van der Waals surface area (Å²) in [6.45, 7) is 0. The van der Waals surface area contributed by atoms with E-state index in [0.717, 1.165) is 19.3 Å². The van der Waals surface area contributed by atoms with E-state index in [9.17, 15) is 14.7 Å². The van der Waals surface area contributed by atoms with Crippen LogP contribution in [0.2, 0.25) is 0 Å². The van der Waals surface area contributed by atoms with Gasteiger partial charge >= 0.3 is 5.97 Å². The Labute approximate surface area is 111 Å². The maximum absolute atomic E-state index is 12.1. The Kier molecular flexibility index (Phi) is 2.97. The van der Waals surface area contributed by atoms with Crippen LogP contribution in [0.4, 0.5) is 0 Å². The molecule has 1 amide bonds. The minimum Gasteiger partial charge on any atom is -0.481 e. The molecule has 0 aliphatic heterocycles. The molecule has 2 N–H and O–H groups in total. The van der Waals surface area contributed by atoms with Crippen LogP contribution in [0.15, 0.2) is 24.5 Å². The lowest BCUT2D eigenvalue weighted by Crippen LogP contribution is -2.46. The monoisotopic (exact) mass is 260 g/mol. The average molecular weight is 260 g/mol. The van der Waals surface area contributed by atoms with Crippen LogP contribution in [0.3, 0.4) is 0 Å². The number of nitrogens with one attached hydrogen (secondary N) is 1. The standard InChI is InChI=1S/C14H16N2O3/c17-13(8-3-5-15-6-4-8)16-12-10-2-1-9(7-10)11(12)14(18)19/h3-6,9-12H,1-2,7H2,(H,16,17)(H,18,19). The van der Waals surface area contributed by atoms with Crippen LogP contribution in [-0.4, -0.2) is 28.0 Å². The van der Waals surface area contributed by atoms with Gasteiger partial charge in [-0.2, -0.15) is 0 Å². The number of nitrogens with zero attached hydrogens (tertiary/aromatic N) is 1. The molecule has 4 unspecified atom stereocenters. The molecule has 100 valence electrons. The summed E-state index contributed by atoms with van der Waals surface area (Å²) in [5, 5.41) is 12.2. The normalized spacial score (nSPS) is 32.2. The third kappa shape index (κ3) is 2.09. The Bertz CT molecular complexity index is 503. The van der Waals surface area contributed by atoms with Crippen LogP contribution >= 0.6 is 0 Å². The summed E-state index contributed by atoms with van der Waals surface area (Å²) in [5.41, 5.74) is 0.530. The van der Waals surface area contributed by atoms with Gasteiger partial charge in [-0.25, -0.2) is 0 Å². The second kappa shape index (κ2) is 4.64. The van der Waals surface area contributed by atoms with Crippen LogP contribution < -0.4 is 5.32 Å². The van der Waals surface area contributed by atoms with Gasteiger partial charge in [-0.05, 0) is 43.2 Å². The summed E-state index contributed by atoms with van der Waals surface area (Å²) in [7, 11) is 0. The second-order valence-electron chi connectivity index (χ2n) is 5.43. The summed E-state index contributed by atoms with van der Waals surface area (Å²) in [6, 6.07) is 3.05. The fourth-order valence-corrected chi connectivity index (χ4v) is 3.59. The van der Waals surface area contributed by atoms with Gasteiger partial charge in [0.2, 0.25) is 0 Å². The number of amides is 1. The second-order valence-corrected chi connectivity index (χ2v) is 5.43. The van der Waals surface area contributed by atoms with Crippen LogP contribution in [-0.2, 0) is 4.79 Å². The average Bonchev–Trinajstić information content (AvgIpc) is 3.00. The molecule has 0 aromatic carbocycles. The highest BCUT2D eigenvalue weighted by molar-refractivity contribution is 5.94. The van der Waals surface area contributed by atoms with Crippen molar-refractivity contribution in [2.24, 2.45) is 17.8 Å². The molecular formula is C14H16N2O3. The van der Waals surface area contributed by atoms with E-state index in [1.165, 1.54) is 0 Å². The van der Waals surface area contributed by atoms with Gasteiger partial charge < -0.3 is 10.4 Å². The first-order chi connectivity index (χ1) is 9.16. The van der Waals surface area contributed by atoms with Gasteiger partial charge in [0, 0.05) is 24.0 Å². The summed E-state index contributed by atoms with van der Waals surface area (Å²) in [5.74, 6) is -0.870. The molecular weight excluding hydrogens is 244 g/mol. The molecule has 1 aromatic rings. The van der Waals surface area contributed by atoms with Gasteiger partial charge in [0.25, 0.3) is 5.91 Å². The lowest BCUT2D eigenvalue weighted by molar-refractivity contribution is -0.144. The Balaban J connectivity index is 1.76. The third-order valence-corrected chi connectivity index (χ3v) is 4.44. The lowest BCUT2D eigenvalue weighted by Gasteiger charge is -2.28. The van der Waals surface area contributed by atoms with Gasteiger partial charge in [-0.15, -0.1) is 0 Å². The first-order valence-corrected chi connectivity index (χ1v) is 6.60. The maximum atomic E-state index is 12.1. The van der Waals surface area contributed by atoms with Crippen LogP contribution in [0.1, 0.15) is 29.6 Å². The molecule has 2 fully saturated rings.